The molecule has 0 radical (unpaired) electrons. The summed E-state index contributed by atoms with van der Waals surface area (Å²) < 4.78 is 0. The molecule has 0 bridgehead atoms. The van der Waals surface area contributed by atoms with Crippen LogP contribution in [0, 0.1) is 23.2 Å². The molecule has 1 aromatic rings. The predicted molar refractivity (Wildman–Crippen MR) is 59.0 cm³/mol. The van der Waals surface area contributed by atoms with Crippen molar-refractivity contribution in [1.82, 2.24) is 0 Å². The van der Waals surface area contributed by atoms with Gasteiger partial charge in [-0.05, 0) is 30.7 Å². The molecular weight excluding hydrogens is 220 g/mol. The van der Waals surface area contributed by atoms with Crippen molar-refractivity contribution in [3.05, 3.63) is 29.8 Å². The average molecular weight is 230 g/mol. The second-order valence-electron chi connectivity index (χ2n) is 3.97. The summed E-state index contributed by atoms with van der Waals surface area (Å²) in [7, 11) is 0. The molecule has 86 valence electrons. The summed E-state index contributed by atoms with van der Waals surface area (Å²) in [5.74, 6) is -2.18. The van der Waals surface area contributed by atoms with E-state index in [1.165, 1.54) is 0 Å². The number of carboxylic acids is 1. The molecule has 2 atom stereocenters. The molecule has 1 amide bonds. The molecule has 2 rings (SSSR count). The van der Waals surface area contributed by atoms with E-state index in [1.54, 1.807) is 24.3 Å². The van der Waals surface area contributed by atoms with E-state index in [1.807, 2.05) is 6.07 Å². The van der Waals surface area contributed by atoms with Crippen molar-refractivity contribution in [2.45, 2.75) is 6.42 Å². The van der Waals surface area contributed by atoms with Gasteiger partial charge in [0.1, 0.15) is 0 Å². The van der Waals surface area contributed by atoms with E-state index in [9.17, 15) is 9.59 Å². The van der Waals surface area contributed by atoms with Crippen LogP contribution in [0.3, 0.4) is 0 Å². The molecule has 1 aliphatic carbocycles. The maximum absolute atomic E-state index is 11.6. The lowest BCUT2D eigenvalue weighted by Gasteiger charge is -2.03. The van der Waals surface area contributed by atoms with Crippen LogP contribution in [0.2, 0.25) is 0 Å². The van der Waals surface area contributed by atoms with Crippen molar-refractivity contribution in [2.24, 2.45) is 11.8 Å². The third-order valence-corrected chi connectivity index (χ3v) is 2.73. The quantitative estimate of drug-likeness (QED) is 0.816. The monoisotopic (exact) mass is 230 g/mol. The van der Waals surface area contributed by atoms with Crippen molar-refractivity contribution in [3.63, 3.8) is 0 Å². The van der Waals surface area contributed by atoms with Gasteiger partial charge < -0.3 is 10.4 Å². The number of nitrogens with zero attached hydrogens (tertiary/aromatic N) is 1. The minimum atomic E-state index is -0.926. The van der Waals surface area contributed by atoms with Gasteiger partial charge in [0.15, 0.2) is 0 Å². The van der Waals surface area contributed by atoms with Gasteiger partial charge >= 0.3 is 5.97 Å². The summed E-state index contributed by atoms with van der Waals surface area (Å²) in [6.45, 7) is 0. The van der Waals surface area contributed by atoms with Crippen molar-refractivity contribution in [2.75, 3.05) is 5.32 Å². The summed E-state index contributed by atoms with van der Waals surface area (Å²) in [5.41, 5.74) is 1.09. The molecule has 0 aromatic heterocycles. The number of hydrogen-bond donors (Lipinski definition) is 2. The van der Waals surface area contributed by atoms with E-state index >= 15 is 0 Å². The molecule has 0 spiro atoms. The van der Waals surface area contributed by atoms with E-state index < -0.39 is 17.8 Å². The molecule has 1 saturated carbocycles. The minimum Gasteiger partial charge on any atom is -0.481 e. The highest BCUT2D eigenvalue weighted by molar-refractivity contribution is 5.98. The molecule has 0 aliphatic heterocycles. The Morgan fingerprint density at radius 3 is 2.41 bits per heavy atom. The number of aliphatic carboxylic acids is 1. The molecule has 5 nitrogen and oxygen atoms in total. The Kier molecular flexibility index (Phi) is 2.79. The van der Waals surface area contributed by atoms with Crippen LogP contribution in [0.4, 0.5) is 5.69 Å². The fourth-order valence-electron chi connectivity index (χ4n) is 1.62. The van der Waals surface area contributed by atoms with Crippen LogP contribution < -0.4 is 5.32 Å². The lowest BCUT2D eigenvalue weighted by atomic mass is 10.2. The normalized spacial score (nSPS) is 21.4. The number of hydrogen-bond acceptors (Lipinski definition) is 3. The van der Waals surface area contributed by atoms with Gasteiger partial charge in [0.05, 0.1) is 23.5 Å². The first-order valence-electron chi connectivity index (χ1n) is 5.15. The van der Waals surface area contributed by atoms with E-state index in [0.717, 1.165) is 0 Å². The molecule has 0 saturated heterocycles. The zero-order chi connectivity index (χ0) is 12.4. The van der Waals surface area contributed by atoms with E-state index in [2.05, 4.69) is 5.32 Å². The van der Waals surface area contributed by atoms with Crippen LogP contribution in [-0.4, -0.2) is 17.0 Å². The van der Waals surface area contributed by atoms with Crippen molar-refractivity contribution in [3.8, 4) is 6.07 Å². The van der Waals surface area contributed by atoms with Crippen molar-refractivity contribution in [1.29, 1.82) is 5.26 Å². The summed E-state index contributed by atoms with van der Waals surface area (Å²) >= 11 is 0. The van der Waals surface area contributed by atoms with Crippen LogP contribution in [0.25, 0.3) is 0 Å². The fourth-order valence-corrected chi connectivity index (χ4v) is 1.62. The highest BCUT2D eigenvalue weighted by atomic mass is 16.4. The molecule has 0 heterocycles. The molecule has 2 unspecified atom stereocenters. The zero-order valence-corrected chi connectivity index (χ0v) is 8.88. The number of rotatable bonds is 3. The molecular formula is C12H10N2O3. The standard InChI is InChI=1S/C12H10N2O3/c13-6-7-1-3-8(4-2-7)14-11(15)9-5-10(9)12(16)17/h1-4,9-10H,5H2,(H,14,15)(H,16,17). The van der Waals surface area contributed by atoms with Gasteiger partial charge in [-0.3, -0.25) is 9.59 Å². The van der Waals surface area contributed by atoms with Gasteiger partial charge in [-0.2, -0.15) is 5.26 Å². The van der Waals surface area contributed by atoms with Crippen LogP contribution in [-0.2, 0) is 9.59 Å². The number of benzene rings is 1. The van der Waals surface area contributed by atoms with Crippen LogP contribution >= 0.6 is 0 Å². The van der Waals surface area contributed by atoms with E-state index in [0.29, 0.717) is 17.7 Å². The third kappa shape index (κ3) is 2.42. The van der Waals surface area contributed by atoms with Gasteiger partial charge in [-0.25, -0.2) is 0 Å². The van der Waals surface area contributed by atoms with E-state index in [-0.39, 0.29) is 5.91 Å². The topological polar surface area (TPSA) is 90.2 Å². The lowest BCUT2D eigenvalue weighted by molar-refractivity contribution is -0.139. The SMILES string of the molecule is N#Cc1ccc(NC(=O)C2CC2C(=O)O)cc1. The first-order chi connectivity index (χ1) is 8.11. The number of nitriles is 1. The second kappa shape index (κ2) is 4.26. The van der Waals surface area contributed by atoms with Gasteiger partial charge in [-0.1, -0.05) is 0 Å². The van der Waals surface area contributed by atoms with Crippen molar-refractivity contribution >= 4 is 17.6 Å². The molecule has 1 aliphatic rings. The van der Waals surface area contributed by atoms with Gasteiger partial charge in [0, 0.05) is 5.69 Å². The Balaban J connectivity index is 1.95. The van der Waals surface area contributed by atoms with Gasteiger partial charge in [0.25, 0.3) is 0 Å². The fraction of sp³-hybridized carbons (Fsp3) is 0.250. The smallest absolute Gasteiger partial charge is 0.307 e. The largest absolute Gasteiger partial charge is 0.481 e. The highest BCUT2D eigenvalue weighted by Gasteiger charge is 2.48. The Bertz CT molecular complexity index is 501. The predicted octanol–water partition coefficient (Wildman–Crippen LogP) is 1.22. The molecule has 1 aromatic carbocycles. The summed E-state index contributed by atoms with van der Waals surface area (Å²) in [6.07, 6.45) is 0.400. The minimum absolute atomic E-state index is 0.276. The first-order valence-corrected chi connectivity index (χ1v) is 5.15. The number of anilines is 1. The Hall–Kier alpha value is -2.35. The Labute approximate surface area is 97.7 Å². The first kappa shape index (κ1) is 11.1. The number of amides is 1. The lowest BCUT2D eigenvalue weighted by Crippen LogP contribution is -2.16. The molecule has 2 N–H and O–H groups in total. The summed E-state index contributed by atoms with van der Waals surface area (Å²) in [6, 6.07) is 8.40. The van der Waals surface area contributed by atoms with Gasteiger partial charge in [-0.15, -0.1) is 0 Å². The third-order valence-electron chi connectivity index (χ3n) is 2.73. The van der Waals surface area contributed by atoms with Gasteiger partial charge in [0.2, 0.25) is 5.91 Å². The van der Waals surface area contributed by atoms with E-state index in [4.69, 9.17) is 10.4 Å². The van der Waals surface area contributed by atoms with Crippen LogP contribution in [0.15, 0.2) is 24.3 Å². The Morgan fingerprint density at radius 1 is 1.29 bits per heavy atom. The van der Waals surface area contributed by atoms with Crippen LogP contribution in [0.1, 0.15) is 12.0 Å². The average Bonchev–Trinajstić information content (AvgIpc) is 3.10. The zero-order valence-electron chi connectivity index (χ0n) is 8.88. The number of carboxylic acid groups (broad SMARTS) is 1. The van der Waals surface area contributed by atoms with Crippen LogP contribution in [0.5, 0.6) is 0 Å². The number of nitrogens with one attached hydrogen (secondary N) is 1. The summed E-state index contributed by atoms with van der Waals surface area (Å²) in [4.78, 5) is 22.2. The molecule has 1 fully saturated rings. The summed E-state index contributed by atoms with van der Waals surface area (Å²) in [5, 5.41) is 19.9. The molecule has 5 heteroatoms. The maximum Gasteiger partial charge on any atom is 0.307 e. The van der Waals surface area contributed by atoms with Crippen molar-refractivity contribution < 1.29 is 14.7 Å². The number of carbonyl (C=O) groups excluding carboxylic acids is 1. The maximum atomic E-state index is 11.6. The highest BCUT2D eigenvalue weighted by Crippen LogP contribution is 2.39. The second-order valence-corrected chi connectivity index (χ2v) is 3.97. The molecule has 17 heavy (non-hydrogen) atoms. The Morgan fingerprint density at radius 2 is 1.94 bits per heavy atom. The number of carbonyl (C=O) groups is 2.